The summed E-state index contributed by atoms with van der Waals surface area (Å²) in [6.45, 7) is 1.55. The average molecular weight is 302 g/mol. The van der Waals surface area contributed by atoms with Gasteiger partial charge in [-0.15, -0.1) is 0 Å². The van der Waals surface area contributed by atoms with Crippen LogP contribution in [0, 0.1) is 0 Å². The Labute approximate surface area is 123 Å². The Hall–Kier alpha value is -1.23. The van der Waals surface area contributed by atoms with E-state index in [-0.39, 0.29) is 0 Å². The summed E-state index contributed by atoms with van der Waals surface area (Å²) in [6.07, 6.45) is 2.94. The first-order chi connectivity index (χ1) is 10.1. The molecular formula is C16H23F3NO+. The third-order valence-corrected chi connectivity index (χ3v) is 3.93. The van der Waals surface area contributed by atoms with Gasteiger partial charge in [0.05, 0.1) is 24.8 Å². The number of nitrogens with two attached hydrogens (primary N) is 1. The highest BCUT2D eigenvalue weighted by atomic mass is 19.4. The molecule has 5 heteroatoms. The molecule has 2 rings (SSSR count). The molecule has 0 saturated heterocycles. The molecule has 0 amide bonds. The van der Waals surface area contributed by atoms with Crippen molar-refractivity contribution in [2.75, 3.05) is 13.2 Å². The van der Waals surface area contributed by atoms with E-state index in [1.165, 1.54) is 31.7 Å². The maximum Gasteiger partial charge on any atom is 0.416 e. The maximum atomic E-state index is 12.5. The smallest absolute Gasteiger partial charge is 0.416 e. The van der Waals surface area contributed by atoms with Crippen LogP contribution in [0.15, 0.2) is 24.3 Å². The molecule has 1 fully saturated rings. The number of alkyl halides is 3. The van der Waals surface area contributed by atoms with E-state index in [1.807, 2.05) is 0 Å². The summed E-state index contributed by atoms with van der Waals surface area (Å²) in [6, 6.07) is 5.86. The molecule has 2 N–H and O–H groups in total. The molecule has 0 radical (unpaired) electrons. The lowest BCUT2D eigenvalue weighted by Gasteiger charge is -2.11. The lowest BCUT2D eigenvalue weighted by Crippen LogP contribution is -2.89. The van der Waals surface area contributed by atoms with Gasteiger partial charge in [-0.1, -0.05) is 6.07 Å². The summed E-state index contributed by atoms with van der Waals surface area (Å²) in [4.78, 5) is 0. The van der Waals surface area contributed by atoms with Gasteiger partial charge in [-0.05, 0) is 56.7 Å². The van der Waals surface area contributed by atoms with E-state index in [2.05, 4.69) is 5.32 Å². The van der Waals surface area contributed by atoms with E-state index in [9.17, 15) is 13.2 Å². The fraction of sp³-hybridized carbons (Fsp3) is 0.625. The van der Waals surface area contributed by atoms with Crippen LogP contribution < -0.4 is 10.1 Å². The van der Waals surface area contributed by atoms with Crippen LogP contribution in [0.1, 0.15) is 44.1 Å². The Balaban J connectivity index is 1.62. The first-order valence-corrected chi connectivity index (χ1v) is 7.69. The van der Waals surface area contributed by atoms with E-state index in [1.54, 1.807) is 6.07 Å². The summed E-state index contributed by atoms with van der Waals surface area (Å²) in [5.41, 5.74) is -0.658. The van der Waals surface area contributed by atoms with Crippen LogP contribution >= 0.6 is 0 Å². The number of halogens is 3. The lowest BCUT2D eigenvalue weighted by atomic mass is 10.2. The number of quaternary nitrogens is 1. The minimum Gasteiger partial charge on any atom is -0.494 e. The number of hydrogen-bond donors (Lipinski definition) is 1. The number of rotatable bonds is 7. The van der Waals surface area contributed by atoms with E-state index < -0.39 is 11.7 Å². The van der Waals surface area contributed by atoms with Gasteiger partial charge in [0.25, 0.3) is 0 Å². The molecule has 1 aromatic rings. The van der Waals surface area contributed by atoms with Gasteiger partial charge in [-0.2, -0.15) is 13.2 Å². The topological polar surface area (TPSA) is 25.8 Å². The first kappa shape index (κ1) is 16.1. The Morgan fingerprint density at radius 2 is 1.90 bits per heavy atom. The van der Waals surface area contributed by atoms with Gasteiger partial charge in [0.15, 0.2) is 0 Å². The van der Waals surface area contributed by atoms with Crippen molar-refractivity contribution >= 4 is 0 Å². The Morgan fingerprint density at radius 1 is 1.14 bits per heavy atom. The van der Waals surface area contributed by atoms with Gasteiger partial charge < -0.3 is 10.1 Å². The third kappa shape index (κ3) is 5.58. The molecule has 1 aliphatic rings. The highest BCUT2D eigenvalue weighted by molar-refractivity contribution is 5.30. The number of hydrogen-bond acceptors (Lipinski definition) is 1. The van der Waals surface area contributed by atoms with Gasteiger partial charge in [-0.25, -0.2) is 0 Å². The molecule has 0 bridgehead atoms. The highest BCUT2D eigenvalue weighted by Gasteiger charge is 2.30. The minimum atomic E-state index is -4.31. The van der Waals surface area contributed by atoms with Crippen molar-refractivity contribution in [2.45, 2.75) is 50.7 Å². The zero-order valence-corrected chi connectivity index (χ0v) is 12.2. The van der Waals surface area contributed by atoms with Crippen LogP contribution in [0.5, 0.6) is 5.75 Å². The van der Waals surface area contributed by atoms with Crippen LogP contribution in [-0.4, -0.2) is 19.2 Å². The molecule has 0 atom stereocenters. The SMILES string of the molecule is FC(F)(F)c1cccc(OCCCC[NH2+]C2CCCC2)c1. The molecule has 0 heterocycles. The lowest BCUT2D eigenvalue weighted by molar-refractivity contribution is -0.688. The minimum absolute atomic E-state index is 0.296. The Bertz CT molecular complexity index is 428. The number of benzene rings is 1. The van der Waals surface area contributed by atoms with Crippen molar-refractivity contribution in [3.05, 3.63) is 29.8 Å². The van der Waals surface area contributed by atoms with Crippen molar-refractivity contribution in [1.29, 1.82) is 0 Å². The fourth-order valence-corrected chi connectivity index (χ4v) is 2.75. The maximum absolute atomic E-state index is 12.5. The summed E-state index contributed by atoms with van der Waals surface area (Å²) in [7, 11) is 0. The second-order valence-electron chi connectivity index (χ2n) is 5.65. The van der Waals surface area contributed by atoms with E-state index in [4.69, 9.17) is 4.74 Å². The Kier molecular flexibility index (Phi) is 5.91. The molecule has 1 saturated carbocycles. The van der Waals surface area contributed by atoms with Crippen LogP contribution in [0.2, 0.25) is 0 Å². The normalized spacial score (nSPS) is 16.3. The van der Waals surface area contributed by atoms with Gasteiger partial charge in [-0.3, -0.25) is 0 Å². The zero-order valence-electron chi connectivity index (χ0n) is 12.2. The quantitative estimate of drug-likeness (QED) is 0.768. The van der Waals surface area contributed by atoms with Crippen LogP contribution in [0.3, 0.4) is 0 Å². The van der Waals surface area contributed by atoms with Gasteiger partial charge >= 0.3 is 6.18 Å². The van der Waals surface area contributed by atoms with Crippen molar-refractivity contribution in [2.24, 2.45) is 0 Å². The van der Waals surface area contributed by atoms with Crippen molar-refractivity contribution in [3.8, 4) is 5.75 Å². The molecule has 21 heavy (non-hydrogen) atoms. The van der Waals surface area contributed by atoms with Crippen molar-refractivity contribution in [1.82, 2.24) is 0 Å². The Morgan fingerprint density at radius 3 is 2.62 bits per heavy atom. The number of unbranched alkanes of at least 4 members (excludes halogenated alkanes) is 1. The summed E-state index contributed by atoms with van der Waals surface area (Å²) < 4.78 is 43.0. The highest BCUT2D eigenvalue weighted by Crippen LogP contribution is 2.31. The van der Waals surface area contributed by atoms with Gasteiger partial charge in [0.2, 0.25) is 0 Å². The monoisotopic (exact) mass is 302 g/mol. The molecule has 0 spiro atoms. The van der Waals surface area contributed by atoms with E-state index in [0.717, 1.165) is 37.6 Å². The number of ether oxygens (including phenoxy) is 1. The van der Waals surface area contributed by atoms with E-state index >= 15 is 0 Å². The molecule has 0 unspecified atom stereocenters. The van der Waals surface area contributed by atoms with E-state index in [0.29, 0.717) is 12.4 Å². The zero-order chi connectivity index (χ0) is 15.1. The predicted molar refractivity (Wildman–Crippen MR) is 75.2 cm³/mol. The second kappa shape index (κ2) is 7.69. The van der Waals surface area contributed by atoms with Gasteiger partial charge in [0, 0.05) is 0 Å². The van der Waals surface area contributed by atoms with Crippen LogP contribution in [-0.2, 0) is 6.18 Å². The standard InChI is InChI=1S/C16H22F3NO/c17-16(18,19)13-6-5-9-15(12-13)21-11-4-3-10-20-14-7-1-2-8-14/h5-6,9,12,14,20H,1-4,7-8,10-11H2/p+1. The third-order valence-electron chi connectivity index (χ3n) is 3.93. The molecular weight excluding hydrogens is 279 g/mol. The van der Waals surface area contributed by atoms with Crippen molar-refractivity contribution in [3.63, 3.8) is 0 Å². The second-order valence-corrected chi connectivity index (χ2v) is 5.65. The molecule has 1 aliphatic carbocycles. The predicted octanol–water partition coefficient (Wildman–Crippen LogP) is 3.37. The molecule has 118 valence electrons. The fourth-order valence-electron chi connectivity index (χ4n) is 2.75. The summed E-state index contributed by atoms with van der Waals surface area (Å²) >= 11 is 0. The van der Waals surface area contributed by atoms with Crippen LogP contribution in [0.25, 0.3) is 0 Å². The molecule has 0 aliphatic heterocycles. The average Bonchev–Trinajstić information content (AvgIpc) is 2.95. The molecule has 1 aromatic carbocycles. The largest absolute Gasteiger partial charge is 0.494 e. The summed E-state index contributed by atoms with van der Waals surface area (Å²) in [5.74, 6) is 0.296. The molecule has 2 nitrogen and oxygen atoms in total. The first-order valence-electron chi connectivity index (χ1n) is 7.69. The molecule has 0 aromatic heterocycles. The van der Waals surface area contributed by atoms with Crippen LogP contribution in [0.4, 0.5) is 13.2 Å². The van der Waals surface area contributed by atoms with Gasteiger partial charge in [0.1, 0.15) is 5.75 Å². The summed E-state index contributed by atoms with van der Waals surface area (Å²) in [5, 5.41) is 2.40. The van der Waals surface area contributed by atoms with Crippen molar-refractivity contribution < 1.29 is 23.2 Å².